The van der Waals surface area contributed by atoms with Crippen LogP contribution in [0.15, 0.2) is 30.5 Å². The summed E-state index contributed by atoms with van der Waals surface area (Å²) in [5, 5.41) is 11.3. The number of hydrogen-bond acceptors (Lipinski definition) is 8. The summed E-state index contributed by atoms with van der Waals surface area (Å²) in [4.78, 5) is 25.7. The second-order valence-corrected chi connectivity index (χ2v) is 6.09. The average molecular weight is 343 g/mol. The number of nitro benzene ring substituents is 1. The first kappa shape index (κ1) is 16.7. The highest BCUT2D eigenvalue weighted by atomic mass is 16.6. The van der Waals surface area contributed by atoms with Crippen molar-refractivity contribution >= 4 is 28.8 Å². The van der Waals surface area contributed by atoms with Crippen LogP contribution in [0.3, 0.4) is 0 Å². The van der Waals surface area contributed by atoms with E-state index in [-0.39, 0.29) is 10.6 Å². The lowest BCUT2D eigenvalue weighted by Gasteiger charge is -2.36. The van der Waals surface area contributed by atoms with Gasteiger partial charge in [-0.1, -0.05) is 0 Å². The maximum absolute atomic E-state index is 11.3. The van der Waals surface area contributed by atoms with Crippen molar-refractivity contribution in [3.63, 3.8) is 0 Å². The molecule has 1 saturated heterocycles. The van der Waals surface area contributed by atoms with Gasteiger partial charge < -0.3 is 20.4 Å². The summed E-state index contributed by atoms with van der Waals surface area (Å²) < 4.78 is 0. The minimum absolute atomic E-state index is 0.0829. The Morgan fingerprint density at radius 1 is 1.16 bits per heavy atom. The van der Waals surface area contributed by atoms with Gasteiger partial charge in [0.1, 0.15) is 11.5 Å². The monoisotopic (exact) mass is 343 g/mol. The van der Waals surface area contributed by atoms with E-state index in [4.69, 9.17) is 5.73 Å². The van der Waals surface area contributed by atoms with Crippen LogP contribution in [0.2, 0.25) is 0 Å². The molecule has 0 bridgehead atoms. The summed E-state index contributed by atoms with van der Waals surface area (Å²) in [6.07, 6.45) is 1.74. The fourth-order valence-electron chi connectivity index (χ4n) is 2.86. The zero-order valence-electron chi connectivity index (χ0n) is 14.3. The van der Waals surface area contributed by atoms with Gasteiger partial charge in [-0.15, -0.1) is 0 Å². The second kappa shape index (κ2) is 6.80. The molecular formula is C16H21N7O2. The van der Waals surface area contributed by atoms with Crippen LogP contribution in [-0.2, 0) is 0 Å². The second-order valence-electron chi connectivity index (χ2n) is 6.09. The van der Waals surface area contributed by atoms with Crippen molar-refractivity contribution in [1.29, 1.82) is 0 Å². The number of rotatable bonds is 4. The average Bonchev–Trinajstić information content (AvgIpc) is 2.61. The number of benzene rings is 1. The third kappa shape index (κ3) is 3.54. The van der Waals surface area contributed by atoms with Crippen LogP contribution in [0.25, 0.3) is 0 Å². The Hall–Kier alpha value is -3.10. The molecule has 0 aliphatic carbocycles. The molecule has 1 aliphatic rings. The number of nitrogens with two attached hydrogens (primary N) is 1. The molecule has 0 amide bonds. The third-order valence-corrected chi connectivity index (χ3v) is 4.17. The Labute approximate surface area is 145 Å². The standard InChI is InChI=1S/C16H21N7O2/c1-20(2)16-18-6-5-15(19-16)22-9-7-21(8-10-22)14-11-12(17)3-4-13(14)23(24)25/h3-6,11H,7-10,17H2,1-2H3. The van der Waals surface area contributed by atoms with Crippen LogP contribution in [0.5, 0.6) is 0 Å². The Balaban J connectivity index is 1.75. The van der Waals surface area contributed by atoms with E-state index in [1.165, 1.54) is 6.07 Å². The maximum Gasteiger partial charge on any atom is 0.292 e. The predicted molar refractivity (Wildman–Crippen MR) is 98.3 cm³/mol. The Bertz CT molecular complexity index is 773. The van der Waals surface area contributed by atoms with Crippen LogP contribution in [-0.4, -0.2) is 55.2 Å². The summed E-state index contributed by atoms with van der Waals surface area (Å²) in [6, 6.07) is 6.57. The van der Waals surface area contributed by atoms with Crippen molar-refractivity contribution in [3.05, 3.63) is 40.6 Å². The van der Waals surface area contributed by atoms with Crippen LogP contribution in [0, 0.1) is 10.1 Å². The highest BCUT2D eigenvalue weighted by Gasteiger charge is 2.24. The fourth-order valence-corrected chi connectivity index (χ4v) is 2.86. The molecule has 25 heavy (non-hydrogen) atoms. The van der Waals surface area contributed by atoms with Gasteiger partial charge in [-0.2, -0.15) is 4.98 Å². The van der Waals surface area contributed by atoms with E-state index in [0.717, 1.165) is 18.9 Å². The molecule has 9 nitrogen and oxygen atoms in total. The molecule has 1 aliphatic heterocycles. The van der Waals surface area contributed by atoms with Gasteiger partial charge in [0, 0.05) is 58.2 Å². The summed E-state index contributed by atoms with van der Waals surface area (Å²) in [5.74, 6) is 1.52. The van der Waals surface area contributed by atoms with E-state index in [0.29, 0.717) is 30.4 Å². The van der Waals surface area contributed by atoms with Crippen LogP contribution in [0.4, 0.5) is 28.8 Å². The van der Waals surface area contributed by atoms with Gasteiger partial charge in [-0.3, -0.25) is 10.1 Å². The van der Waals surface area contributed by atoms with E-state index < -0.39 is 0 Å². The summed E-state index contributed by atoms with van der Waals surface area (Å²) in [5.41, 5.74) is 6.99. The highest BCUT2D eigenvalue weighted by molar-refractivity contribution is 5.69. The molecule has 2 aromatic rings. The first-order valence-corrected chi connectivity index (χ1v) is 8.00. The smallest absolute Gasteiger partial charge is 0.292 e. The third-order valence-electron chi connectivity index (χ3n) is 4.17. The lowest BCUT2D eigenvalue weighted by Crippen LogP contribution is -2.47. The number of nitro groups is 1. The van der Waals surface area contributed by atoms with Crippen molar-refractivity contribution in [1.82, 2.24) is 9.97 Å². The minimum atomic E-state index is -0.366. The number of hydrogen-bond donors (Lipinski definition) is 1. The molecule has 2 heterocycles. The van der Waals surface area contributed by atoms with Crippen LogP contribution in [0.1, 0.15) is 0 Å². The molecule has 0 spiro atoms. The number of piperazine rings is 1. The predicted octanol–water partition coefficient (Wildman–Crippen LogP) is 1.36. The number of nitrogen functional groups attached to an aromatic ring is 1. The normalized spacial score (nSPS) is 14.5. The molecule has 132 valence electrons. The largest absolute Gasteiger partial charge is 0.399 e. The molecule has 0 saturated carbocycles. The van der Waals surface area contributed by atoms with Crippen molar-refractivity contribution < 1.29 is 4.92 Å². The van der Waals surface area contributed by atoms with E-state index in [1.54, 1.807) is 18.3 Å². The molecule has 0 radical (unpaired) electrons. The molecular weight excluding hydrogens is 322 g/mol. The summed E-state index contributed by atoms with van der Waals surface area (Å²) in [7, 11) is 3.80. The fraction of sp³-hybridized carbons (Fsp3) is 0.375. The van der Waals surface area contributed by atoms with E-state index >= 15 is 0 Å². The summed E-state index contributed by atoms with van der Waals surface area (Å²) in [6.45, 7) is 2.75. The van der Waals surface area contributed by atoms with Crippen molar-refractivity contribution in [3.8, 4) is 0 Å². The topological polar surface area (TPSA) is 105 Å². The molecule has 1 fully saturated rings. The quantitative estimate of drug-likeness (QED) is 0.504. The number of aromatic nitrogens is 2. The van der Waals surface area contributed by atoms with E-state index in [9.17, 15) is 10.1 Å². The molecule has 2 N–H and O–H groups in total. The molecule has 9 heteroatoms. The number of nitrogens with zero attached hydrogens (tertiary/aromatic N) is 6. The Morgan fingerprint density at radius 3 is 2.48 bits per heavy atom. The zero-order valence-corrected chi connectivity index (χ0v) is 14.3. The van der Waals surface area contributed by atoms with Gasteiger partial charge in [-0.05, 0) is 18.2 Å². The molecule has 1 aromatic heterocycles. The SMILES string of the molecule is CN(C)c1nccc(N2CCN(c3cc(N)ccc3[N+](=O)[O-])CC2)n1. The van der Waals surface area contributed by atoms with Crippen molar-refractivity contribution in [2.45, 2.75) is 0 Å². The van der Waals surface area contributed by atoms with Crippen molar-refractivity contribution in [2.24, 2.45) is 0 Å². The zero-order chi connectivity index (χ0) is 18.0. The van der Waals surface area contributed by atoms with E-state index in [2.05, 4.69) is 14.9 Å². The first-order chi connectivity index (χ1) is 12.0. The van der Waals surface area contributed by atoms with Gasteiger partial charge >= 0.3 is 0 Å². The Kier molecular flexibility index (Phi) is 4.55. The lowest BCUT2D eigenvalue weighted by molar-refractivity contribution is -0.384. The highest BCUT2D eigenvalue weighted by Crippen LogP contribution is 2.31. The maximum atomic E-state index is 11.3. The number of anilines is 4. The molecule has 0 unspecified atom stereocenters. The van der Waals surface area contributed by atoms with Crippen molar-refractivity contribution in [2.75, 3.05) is 60.7 Å². The Morgan fingerprint density at radius 2 is 1.84 bits per heavy atom. The summed E-state index contributed by atoms with van der Waals surface area (Å²) >= 11 is 0. The van der Waals surface area contributed by atoms with Crippen LogP contribution >= 0.6 is 0 Å². The first-order valence-electron chi connectivity index (χ1n) is 8.00. The minimum Gasteiger partial charge on any atom is -0.399 e. The van der Waals surface area contributed by atoms with Gasteiger partial charge in [0.05, 0.1) is 4.92 Å². The molecule has 0 atom stereocenters. The lowest BCUT2D eigenvalue weighted by atomic mass is 10.2. The van der Waals surface area contributed by atoms with Crippen LogP contribution < -0.4 is 20.4 Å². The molecule has 3 rings (SSSR count). The van der Waals surface area contributed by atoms with E-state index in [1.807, 2.05) is 30.0 Å². The van der Waals surface area contributed by atoms with Gasteiger partial charge in [-0.25, -0.2) is 4.98 Å². The van der Waals surface area contributed by atoms with Gasteiger partial charge in [0.25, 0.3) is 5.69 Å². The van der Waals surface area contributed by atoms with Gasteiger partial charge in [0.15, 0.2) is 0 Å². The molecule has 1 aromatic carbocycles. The van der Waals surface area contributed by atoms with Gasteiger partial charge in [0.2, 0.25) is 5.95 Å².